The molecule has 3 heterocycles. The second-order valence-corrected chi connectivity index (χ2v) is 9.70. The summed E-state index contributed by atoms with van der Waals surface area (Å²) >= 11 is 5.96. The number of carbonyl (C=O) groups excluding carboxylic acids is 3. The van der Waals surface area contributed by atoms with Crippen LogP contribution in [0.25, 0.3) is 11.0 Å². The summed E-state index contributed by atoms with van der Waals surface area (Å²) in [4.78, 5) is 44.8. The molecule has 2 aromatic rings. The number of rotatable bonds is 7. The van der Waals surface area contributed by atoms with E-state index in [0.29, 0.717) is 35.4 Å². The van der Waals surface area contributed by atoms with Gasteiger partial charge in [0, 0.05) is 24.0 Å². The van der Waals surface area contributed by atoms with Gasteiger partial charge in [-0.3, -0.25) is 14.4 Å². The van der Waals surface area contributed by atoms with Gasteiger partial charge in [0.1, 0.15) is 23.4 Å². The standard InChI is InChI=1S/C22H27ClN6O3/c1-22(2,3)9-17(21(32)27-15(10-24)7-12-4-5-25-19(12)30)29-20(31)16-8-13-6-14(23)11-26-18(13)28-16/h6,8,11-12,15,17H,4-5,7,9H2,1-3H3,(H,25,30)(H,26,28)(H,27,32)(H,29,31)/t12-,15-,17-/m0/s1. The second-order valence-electron chi connectivity index (χ2n) is 9.27. The summed E-state index contributed by atoms with van der Waals surface area (Å²) in [7, 11) is 0. The van der Waals surface area contributed by atoms with Crippen molar-refractivity contribution in [3.63, 3.8) is 0 Å². The van der Waals surface area contributed by atoms with Gasteiger partial charge in [0.25, 0.3) is 5.91 Å². The fourth-order valence-corrected chi connectivity index (χ4v) is 3.91. The maximum absolute atomic E-state index is 13.0. The van der Waals surface area contributed by atoms with Gasteiger partial charge in [0.2, 0.25) is 11.8 Å². The minimum atomic E-state index is -0.862. The molecular formula is C22H27ClN6O3. The average molecular weight is 459 g/mol. The van der Waals surface area contributed by atoms with E-state index in [1.807, 2.05) is 20.8 Å². The van der Waals surface area contributed by atoms with Gasteiger partial charge in [-0.2, -0.15) is 5.26 Å². The molecule has 1 saturated heterocycles. The Morgan fingerprint density at radius 2 is 2.09 bits per heavy atom. The molecule has 9 nitrogen and oxygen atoms in total. The van der Waals surface area contributed by atoms with E-state index in [1.165, 1.54) is 6.20 Å². The Hall–Kier alpha value is -3.12. The third kappa shape index (κ3) is 5.98. The molecular weight excluding hydrogens is 432 g/mol. The molecule has 2 aromatic heterocycles. The Kier molecular flexibility index (Phi) is 7.04. The van der Waals surface area contributed by atoms with E-state index in [4.69, 9.17) is 11.6 Å². The zero-order chi connectivity index (χ0) is 23.5. The molecule has 1 fully saturated rings. The largest absolute Gasteiger partial charge is 0.356 e. The van der Waals surface area contributed by atoms with E-state index in [-0.39, 0.29) is 29.4 Å². The Balaban J connectivity index is 1.72. The summed E-state index contributed by atoms with van der Waals surface area (Å²) < 4.78 is 0. The van der Waals surface area contributed by atoms with Crippen molar-refractivity contribution in [2.75, 3.05) is 6.54 Å². The van der Waals surface area contributed by atoms with Crippen molar-refractivity contribution >= 4 is 40.4 Å². The van der Waals surface area contributed by atoms with Crippen LogP contribution >= 0.6 is 11.6 Å². The van der Waals surface area contributed by atoms with Crippen LogP contribution < -0.4 is 16.0 Å². The number of nitriles is 1. The monoisotopic (exact) mass is 458 g/mol. The molecule has 1 aliphatic heterocycles. The molecule has 0 aromatic carbocycles. The summed E-state index contributed by atoms with van der Waals surface area (Å²) in [6, 6.07) is 3.67. The molecule has 3 amide bonds. The minimum Gasteiger partial charge on any atom is -0.356 e. The summed E-state index contributed by atoms with van der Waals surface area (Å²) in [6.07, 6.45) is 2.70. The lowest BCUT2D eigenvalue weighted by atomic mass is 9.87. The van der Waals surface area contributed by atoms with Crippen molar-refractivity contribution in [3.05, 3.63) is 29.0 Å². The number of fused-ring (bicyclic) bond motifs is 1. The Morgan fingerprint density at radius 1 is 1.34 bits per heavy atom. The zero-order valence-corrected chi connectivity index (χ0v) is 19.0. The highest BCUT2D eigenvalue weighted by Crippen LogP contribution is 2.23. The Morgan fingerprint density at radius 3 is 2.72 bits per heavy atom. The normalized spacial score (nSPS) is 18.0. The molecule has 170 valence electrons. The first-order valence-corrected chi connectivity index (χ1v) is 10.9. The van der Waals surface area contributed by atoms with Crippen LogP contribution in [0.3, 0.4) is 0 Å². The molecule has 1 aliphatic rings. The first kappa shape index (κ1) is 23.5. The van der Waals surface area contributed by atoms with Crippen LogP contribution in [-0.4, -0.2) is 46.3 Å². The SMILES string of the molecule is CC(C)(C)C[C@H](NC(=O)c1cc2cc(Cl)cnc2[nH]1)C(=O)N[C@H](C#N)C[C@@H]1CCNC1=O. The van der Waals surface area contributed by atoms with E-state index in [0.717, 1.165) is 0 Å². The predicted molar refractivity (Wildman–Crippen MR) is 120 cm³/mol. The molecule has 0 spiro atoms. The summed E-state index contributed by atoms with van der Waals surface area (Å²) in [6.45, 7) is 6.44. The van der Waals surface area contributed by atoms with Crippen LogP contribution in [0.15, 0.2) is 18.3 Å². The number of halogens is 1. The number of carbonyl (C=O) groups is 3. The van der Waals surface area contributed by atoms with Crippen molar-refractivity contribution in [2.45, 2.75) is 52.1 Å². The van der Waals surface area contributed by atoms with Crippen molar-refractivity contribution in [1.29, 1.82) is 5.26 Å². The minimum absolute atomic E-state index is 0.105. The third-order valence-corrected chi connectivity index (χ3v) is 5.48. The molecule has 4 N–H and O–H groups in total. The Labute approximate surface area is 191 Å². The van der Waals surface area contributed by atoms with E-state index >= 15 is 0 Å². The van der Waals surface area contributed by atoms with Gasteiger partial charge in [-0.15, -0.1) is 0 Å². The van der Waals surface area contributed by atoms with Crippen molar-refractivity contribution in [2.24, 2.45) is 11.3 Å². The van der Waals surface area contributed by atoms with Crippen molar-refractivity contribution < 1.29 is 14.4 Å². The van der Waals surface area contributed by atoms with Crippen molar-refractivity contribution in [1.82, 2.24) is 25.9 Å². The van der Waals surface area contributed by atoms with Crippen LogP contribution in [-0.2, 0) is 9.59 Å². The molecule has 32 heavy (non-hydrogen) atoms. The number of nitrogens with one attached hydrogen (secondary N) is 4. The quantitative estimate of drug-likeness (QED) is 0.504. The Bertz CT molecular complexity index is 1070. The highest BCUT2D eigenvalue weighted by Gasteiger charge is 2.31. The number of amides is 3. The van der Waals surface area contributed by atoms with Gasteiger partial charge in [-0.05, 0) is 36.8 Å². The van der Waals surface area contributed by atoms with E-state index < -0.39 is 23.9 Å². The highest BCUT2D eigenvalue weighted by atomic mass is 35.5. The molecule has 0 unspecified atom stereocenters. The van der Waals surface area contributed by atoms with Crippen LogP contribution in [0.5, 0.6) is 0 Å². The lowest BCUT2D eigenvalue weighted by molar-refractivity contribution is -0.125. The lowest BCUT2D eigenvalue weighted by Crippen LogP contribution is -2.51. The summed E-state index contributed by atoms with van der Waals surface area (Å²) in [5, 5.41) is 18.8. The molecule has 0 aliphatic carbocycles. The van der Waals surface area contributed by atoms with Gasteiger partial charge in [0.15, 0.2) is 0 Å². The first-order chi connectivity index (χ1) is 15.1. The topological polar surface area (TPSA) is 140 Å². The highest BCUT2D eigenvalue weighted by molar-refractivity contribution is 6.31. The van der Waals surface area contributed by atoms with Crippen LogP contribution in [0.4, 0.5) is 0 Å². The smallest absolute Gasteiger partial charge is 0.268 e. The van der Waals surface area contributed by atoms with Crippen LogP contribution in [0.2, 0.25) is 5.02 Å². The number of hydrogen-bond donors (Lipinski definition) is 4. The number of H-pyrrole nitrogens is 1. The molecule has 10 heteroatoms. The van der Waals surface area contributed by atoms with Gasteiger partial charge in [0.05, 0.1) is 11.1 Å². The molecule has 0 radical (unpaired) electrons. The summed E-state index contributed by atoms with van der Waals surface area (Å²) in [5.41, 5.74) is 0.495. The fourth-order valence-electron chi connectivity index (χ4n) is 3.74. The van der Waals surface area contributed by atoms with E-state index in [9.17, 15) is 19.6 Å². The first-order valence-electron chi connectivity index (χ1n) is 10.5. The number of nitrogens with zero attached hydrogens (tertiary/aromatic N) is 2. The number of aromatic nitrogens is 2. The van der Waals surface area contributed by atoms with Gasteiger partial charge >= 0.3 is 0 Å². The number of hydrogen-bond acceptors (Lipinski definition) is 5. The molecule has 0 bridgehead atoms. The zero-order valence-electron chi connectivity index (χ0n) is 18.3. The molecule has 3 rings (SSSR count). The number of aromatic amines is 1. The van der Waals surface area contributed by atoms with E-state index in [1.54, 1.807) is 12.1 Å². The molecule has 3 atom stereocenters. The number of pyridine rings is 1. The van der Waals surface area contributed by atoms with E-state index in [2.05, 4.69) is 32.0 Å². The van der Waals surface area contributed by atoms with Gasteiger partial charge < -0.3 is 20.9 Å². The van der Waals surface area contributed by atoms with Gasteiger partial charge in [-0.25, -0.2) is 4.98 Å². The maximum Gasteiger partial charge on any atom is 0.268 e. The third-order valence-electron chi connectivity index (χ3n) is 5.28. The predicted octanol–water partition coefficient (Wildman–Crippen LogP) is 2.29. The van der Waals surface area contributed by atoms with Crippen LogP contribution in [0, 0.1) is 22.7 Å². The lowest BCUT2D eigenvalue weighted by Gasteiger charge is -2.27. The van der Waals surface area contributed by atoms with Crippen LogP contribution in [0.1, 0.15) is 50.5 Å². The van der Waals surface area contributed by atoms with Gasteiger partial charge in [-0.1, -0.05) is 32.4 Å². The second kappa shape index (κ2) is 9.57. The fraction of sp³-hybridized carbons (Fsp3) is 0.500. The summed E-state index contributed by atoms with van der Waals surface area (Å²) in [5.74, 6) is -1.34. The maximum atomic E-state index is 13.0. The van der Waals surface area contributed by atoms with Crippen molar-refractivity contribution in [3.8, 4) is 6.07 Å². The average Bonchev–Trinajstić information content (AvgIpc) is 3.31. The molecule has 0 saturated carbocycles.